The number of hydrogen-bond acceptors (Lipinski definition) is 3. The zero-order valence-electron chi connectivity index (χ0n) is 14.4. The number of halogens is 1. The van der Waals surface area contributed by atoms with E-state index in [2.05, 4.69) is 5.32 Å². The van der Waals surface area contributed by atoms with Crippen LogP contribution in [0.2, 0.25) is 5.02 Å². The molecule has 0 aliphatic carbocycles. The van der Waals surface area contributed by atoms with Gasteiger partial charge in [0.1, 0.15) is 18.1 Å². The van der Waals surface area contributed by atoms with Gasteiger partial charge in [0, 0.05) is 5.39 Å². The molecule has 3 aromatic rings. The highest BCUT2D eigenvalue weighted by molar-refractivity contribution is 6.32. The summed E-state index contributed by atoms with van der Waals surface area (Å²) in [7, 11) is 0. The maximum atomic E-state index is 12.1. The van der Waals surface area contributed by atoms with Crippen molar-refractivity contribution < 1.29 is 14.3 Å². The molecule has 0 aliphatic rings. The minimum absolute atomic E-state index is 0.216. The van der Waals surface area contributed by atoms with Gasteiger partial charge in [-0.15, -0.1) is 0 Å². The van der Waals surface area contributed by atoms with Gasteiger partial charge in [0.15, 0.2) is 6.10 Å². The average molecular weight is 370 g/mol. The van der Waals surface area contributed by atoms with Crippen LogP contribution in [-0.2, 0) is 4.79 Å². The minimum atomic E-state index is -0.646. The van der Waals surface area contributed by atoms with Crippen LogP contribution in [0.5, 0.6) is 11.5 Å². The first-order valence-corrected chi connectivity index (χ1v) is 8.82. The van der Waals surface area contributed by atoms with Gasteiger partial charge in [0.25, 0.3) is 5.91 Å². The van der Waals surface area contributed by atoms with Gasteiger partial charge in [-0.2, -0.15) is 0 Å². The van der Waals surface area contributed by atoms with Crippen LogP contribution in [0.3, 0.4) is 0 Å². The van der Waals surface area contributed by atoms with Crippen molar-refractivity contribution in [3.8, 4) is 11.5 Å². The Kier molecular flexibility index (Phi) is 5.97. The second kappa shape index (κ2) is 8.59. The Morgan fingerprint density at radius 3 is 2.54 bits per heavy atom. The first-order chi connectivity index (χ1) is 12.6. The number of amides is 1. The SMILES string of the molecule is C[C@@H](Oc1ccccc1Cl)C(=O)NCCOc1cccc2ccccc12. The molecule has 0 heterocycles. The van der Waals surface area contributed by atoms with E-state index in [1.807, 2.05) is 54.6 Å². The van der Waals surface area contributed by atoms with Crippen LogP contribution in [0, 0.1) is 0 Å². The first-order valence-electron chi connectivity index (χ1n) is 8.44. The van der Waals surface area contributed by atoms with E-state index < -0.39 is 6.10 Å². The maximum absolute atomic E-state index is 12.1. The Labute approximate surface area is 157 Å². The van der Waals surface area contributed by atoms with Crippen molar-refractivity contribution in [1.82, 2.24) is 5.32 Å². The Morgan fingerprint density at radius 2 is 1.69 bits per heavy atom. The van der Waals surface area contributed by atoms with Crippen molar-refractivity contribution in [3.63, 3.8) is 0 Å². The number of hydrogen-bond donors (Lipinski definition) is 1. The molecule has 3 rings (SSSR count). The van der Waals surface area contributed by atoms with Crippen LogP contribution in [-0.4, -0.2) is 25.2 Å². The third-order valence-corrected chi connectivity index (χ3v) is 4.23. The minimum Gasteiger partial charge on any atom is -0.491 e. The molecule has 0 aliphatic heterocycles. The predicted molar refractivity (Wildman–Crippen MR) is 104 cm³/mol. The predicted octanol–water partition coefficient (Wildman–Crippen LogP) is 4.46. The fraction of sp³-hybridized carbons (Fsp3) is 0.190. The van der Waals surface area contributed by atoms with Crippen LogP contribution in [0.4, 0.5) is 0 Å². The summed E-state index contributed by atoms with van der Waals surface area (Å²) < 4.78 is 11.4. The van der Waals surface area contributed by atoms with Crippen molar-refractivity contribution in [2.75, 3.05) is 13.2 Å². The summed E-state index contributed by atoms with van der Waals surface area (Å²) >= 11 is 6.04. The van der Waals surface area contributed by atoms with E-state index in [-0.39, 0.29) is 5.91 Å². The topological polar surface area (TPSA) is 47.6 Å². The Hall–Kier alpha value is -2.72. The van der Waals surface area contributed by atoms with E-state index in [1.54, 1.807) is 19.1 Å². The number of fused-ring (bicyclic) bond motifs is 1. The molecule has 1 N–H and O–H groups in total. The summed E-state index contributed by atoms with van der Waals surface area (Å²) in [5, 5.41) is 5.46. The molecule has 26 heavy (non-hydrogen) atoms. The van der Waals surface area contributed by atoms with Crippen molar-refractivity contribution in [1.29, 1.82) is 0 Å². The van der Waals surface area contributed by atoms with E-state index in [9.17, 15) is 4.79 Å². The molecule has 0 spiro atoms. The molecule has 0 unspecified atom stereocenters. The molecule has 5 heteroatoms. The third-order valence-electron chi connectivity index (χ3n) is 3.92. The molecule has 0 fully saturated rings. The molecule has 0 radical (unpaired) electrons. The molecular formula is C21H20ClNO3. The van der Waals surface area contributed by atoms with Gasteiger partial charge >= 0.3 is 0 Å². The molecule has 134 valence electrons. The Bertz CT molecular complexity index is 892. The van der Waals surface area contributed by atoms with Gasteiger partial charge in [0.05, 0.1) is 11.6 Å². The summed E-state index contributed by atoms with van der Waals surface area (Å²) in [6.45, 7) is 2.45. The summed E-state index contributed by atoms with van der Waals surface area (Å²) in [4.78, 5) is 12.1. The molecule has 1 atom stereocenters. The lowest BCUT2D eigenvalue weighted by Crippen LogP contribution is -2.38. The van der Waals surface area contributed by atoms with Crippen LogP contribution in [0.25, 0.3) is 10.8 Å². The monoisotopic (exact) mass is 369 g/mol. The molecule has 0 aromatic heterocycles. The zero-order chi connectivity index (χ0) is 18.4. The first kappa shape index (κ1) is 18.1. The van der Waals surface area contributed by atoms with E-state index in [0.29, 0.717) is 23.9 Å². The van der Waals surface area contributed by atoms with Crippen LogP contribution >= 0.6 is 11.6 Å². The molecular weight excluding hydrogens is 350 g/mol. The highest BCUT2D eigenvalue weighted by Crippen LogP contribution is 2.25. The number of nitrogens with one attached hydrogen (secondary N) is 1. The molecule has 0 saturated carbocycles. The highest BCUT2D eigenvalue weighted by atomic mass is 35.5. The highest BCUT2D eigenvalue weighted by Gasteiger charge is 2.15. The van der Waals surface area contributed by atoms with Crippen LogP contribution in [0.15, 0.2) is 66.7 Å². The lowest BCUT2D eigenvalue weighted by molar-refractivity contribution is -0.127. The molecule has 0 saturated heterocycles. The van der Waals surface area contributed by atoms with E-state index in [1.165, 1.54) is 0 Å². The van der Waals surface area contributed by atoms with Crippen molar-refractivity contribution in [3.05, 3.63) is 71.8 Å². The van der Waals surface area contributed by atoms with Gasteiger partial charge in [-0.1, -0.05) is 60.1 Å². The lowest BCUT2D eigenvalue weighted by atomic mass is 10.1. The van der Waals surface area contributed by atoms with Gasteiger partial charge in [-0.3, -0.25) is 4.79 Å². The number of carbonyl (C=O) groups excluding carboxylic acids is 1. The van der Waals surface area contributed by atoms with Crippen LogP contribution < -0.4 is 14.8 Å². The van der Waals surface area contributed by atoms with Gasteiger partial charge in [0.2, 0.25) is 0 Å². The summed E-state index contributed by atoms with van der Waals surface area (Å²) in [5.41, 5.74) is 0. The number of carbonyl (C=O) groups is 1. The van der Waals surface area contributed by atoms with Gasteiger partial charge in [-0.05, 0) is 30.5 Å². The largest absolute Gasteiger partial charge is 0.491 e. The number of para-hydroxylation sites is 1. The van der Waals surface area contributed by atoms with Gasteiger partial charge in [-0.25, -0.2) is 0 Å². The lowest BCUT2D eigenvalue weighted by Gasteiger charge is -2.16. The third kappa shape index (κ3) is 4.46. The summed E-state index contributed by atoms with van der Waals surface area (Å²) in [6, 6.07) is 21.0. The van der Waals surface area contributed by atoms with Crippen LogP contribution in [0.1, 0.15) is 6.92 Å². The number of rotatable bonds is 7. The standard InChI is InChI=1S/C21H20ClNO3/c1-15(26-20-11-5-4-10-18(20)22)21(24)23-13-14-25-19-12-6-8-16-7-2-3-9-17(16)19/h2-12,15H,13-14H2,1H3,(H,23,24)/t15-/m1/s1. The van der Waals surface area contributed by atoms with E-state index >= 15 is 0 Å². The Morgan fingerprint density at radius 1 is 1.00 bits per heavy atom. The maximum Gasteiger partial charge on any atom is 0.260 e. The number of benzene rings is 3. The summed E-state index contributed by atoms with van der Waals surface area (Å²) in [6.07, 6.45) is -0.646. The second-order valence-corrected chi connectivity index (χ2v) is 6.21. The molecule has 4 nitrogen and oxygen atoms in total. The fourth-order valence-electron chi connectivity index (χ4n) is 2.58. The summed E-state index contributed by atoms with van der Waals surface area (Å²) in [5.74, 6) is 1.08. The normalized spacial score (nSPS) is 11.8. The molecule has 0 bridgehead atoms. The zero-order valence-corrected chi connectivity index (χ0v) is 15.2. The smallest absolute Gasteiger partial charge is 0.260 e. The quantitative estimate of drug-likeness (QED) is 0.626. The average Bonchev–Trinajstić information content (AvgIpc) is 2.67. The van der Waals surface area contributed by atoms with Gasteiger partial charge < -0.3 is 14.8 Å². The van der Waals surface area contributed by atoms with Crippen molar-refractivity contribution >= 4 is 28.3 Å². The Balaban J connectivity index is 1.48. The van der Waals surface area contributed by atoms with Crippen molar-refractivity contribution in [2.45, 2.75) is 13.0 Å². The molecule has 3 aromatic carbocycles. The van der Waals surface area contributed by atoms with E-state index in [4.69, 9.17) is 21.1 Å². The fourth-order valence-corrected chi connectivity index (χ4v) is 2.77. The molecule has 1 amide bonds. The second-order valence-electron chi connectivity index (χ2n) is 5.81. The number of ether oxygens (including phenoxy) is 2. The van der Waals surface area contributed by atoms with Crippen molar-refractivity contribution in [2.24, 2.45) is 0 Å². The van der Waals surface area contributed by atoms with E-state index in [0.717, 1.165) is 16.5 Å².